The quantitative estimate of drug-likeness (QED) is 0.869. The van der Waals surface area contributed by atoms with Gasteiger partial charge in [0.05, 0.1) is 12.3 Å². The van der Waals surface area contributed by atoms with Crippen molar-refractivity contribution in [2.45, 2.75) is 25.7 Å². The lowest BCUT2D eigenvalue weighted by Crippen LogP contribution is -2.29. The fourth-order valence-electron chi connectivity index (χ4n) is 2.27. The van der Waals surface area contributed by atoms with Crippen LogP contribution in [0.5, 0.6) is 0 Å². The number of halogens is 1. The second-order valence-electron chi connectivity index (χ2n) is 4.45. The van der Waals surface area contributed by atoms with Crippen molar-refractivity contribution < 1.29 is 4.84 Å². The van der Waals surface area contributed by atoms with Gasteiger partial charge in [0.15, 0.2) is 0 Å². The van der Waals surface area contributed by atoms with Gasteiger partial charge in [-0.3, -0.25) is 0 Å². The normalized spacial score (nSPS) is 16.2. The number of nitrogens with zero attached hydrogens (tertiary/aromatic N) is 1. The molecule has 1 aliphatic heterocycles. The summed E-state index contributed by atoms with van der Waals surface area (Å²) in [5.74, 6) is 5.04. The first-order chi connectivity index (χ1) is 8.31. The van der Waals surface area contributed by atoms with Crippen LogP contribution in [-0.4, -0.2) is 19.7 Å². The van der Waals surface area contributed by atoms with Gasteiger partial charge in [0, 0.05) is 17.6 Å². The molecule has 0 radical (unpaired) electrons. The van der Waals surface area contributed by atoms with Crippen LogP contribution in [0.15, 0.2) is 22.7 Å². The third-order valence-corrected chi connectivity index (χ3v) is 3.85. The van der Waals surface area contributed by atoms with E-state index in [0.29, 0.717) is 6.61 Å². The monoisotopic (exact) mass is 298 g/mol. The molecular weight excluding hydrogens is 280 g/mol. The Morgan fingerprint density at radius 3 is 2.65 bits per heavy atom. The van der Waals surface area contributed by atoms with E-state index >= 15 is 0 Å². The van der Waals surface area contributed by atoms with Gasteiger partial charge in [-0.1, -0.05) is 6.07 Å². The van der Waals surface area contributed by atoms with Crippen LogP contribution in [0.4, 0.5) is 5.69 Å². The predicted molar refractivity (Wildman–Crippen MR) is 74.0 cm³/mol. The molecule has 0 aliphatic carbocycles. The van der Waals surface area contributed by atoms with Gasteiger partial charge in [-0.25, -0.2) is 5.90 Å². The Balaban J connectivity index is 2.07. The van der Waals surface area contributed by atoms with Gasteiger partial charge in [-0.05, 0) is 59.3 Å². The maximum Gasteiger partial charge on any atom is 0.0719 e. The average molecular weight is 299 g/mol. The molecule has 0 bridgehead atoms. The van der Waals surface area contributed by atoms with Gasteiger partial charge in [0.25, 0.3) is 0 Å². The topological polar surface area (TPSA) is 38.5 Å². The van der Waals surface area contributed by atoms with Crippen molar-refractivity contribution in [3.05, 3.63) is 28.2 Å². The van der Waals surface area contributed by atoms with Gasteiger partial charge in [0.1, 0.15) is 0 Å². The molecule has 4 heteroatoms. The summed E-state index contributed by atoms with van der Waals surface area (Å²) in [6.07, 6.45) is 4.82. The SMILES string of the molecule is NOCCc1ccc(N2CCCCC2)c(Br)c1. The highest BCUT2D eigenvalue weighted by Gasteiger charge is 2.13. The first-order valence-corrected chi connectivity index (χ1v) is 6.95. The van der Waals surface area contributed by atoms with Gasteiger partial charge < -0.3 is 9.74 Å². The van der Waals surface area contributed by atoms with Crippen molar-refractivity contribution in [3.63, 3.8) is 0 Å². The highest BCUT2D eigenvalue weighted by atomic mass is 79.9. The third-order valence-electron chi connectivity index (χ3n) is 3.22. The summed E-state index contributed by atoms with van der Waals surface area (Å²) in [6.45, 7) is 2.91. The summed E-state index contributed by atoms with van der Waals surface area (Å²) in [4.78, 5) is 7.06. The Morgan fingerprint density at radius 1 is 1.24 bits per heavy atom. The van der Waals surface area contributed by atoms with E-state index in [1.54, 1.807) is 0 Å². The summed E-state index contributed by atoms with van der Waals surface area (Å²) >= 11 is 3.66. The molecular formula is C13H19BrN2O. The van der Waals surface area contributed by atoms with Crippen molar-refractivity contribution >= 4 is 21.6 Å². The van der Waals surface area contributed by atoms with E-state index in [1.165, 1.54) is 48.1 Å². The largest absolute Gasteiger partial charge is 0.371 e. The minimum Gasteiger partial charge on any atom is -0.371 e. The molecule has 2 rings (SSSR count). The minimum absolute atomic E-state index is 0.565. The lowest BCUT2D eigenvalue weighted by Gasteiger charge is -2.29. The molecule has 3 nitrogen and oxygen atoms in total. The first kappa shape index (κ1) is 12.9. The molecule has 2 N–H and O–H groups in total. The summed E-state index contributed by atoms with van der Waals surface area (Å²) < 4.78 is 1.17. The number of hydrogen-bond acceptors (Lipinski definition) is 3. The predicted octanol–water partition coefficient (Wildman–Crippen LogP) is 2.87. The molecule has 0 saturated carbocycles. The maximum absolute atomic E-state index is 5.04. The maximum atomic E-state index is 5.04. The van der Waals surface area contributed by atoms with Crippen molar-refractivity contribution in [1.82, 2.24) is 0 Å². The van der Waals surface area contributed by atoms with E-state index in [1.807, 2.05) is 0 Å². The van der Waals surface area contributed by atoms with E-state index in [4.69, 9.17) is 5.90 Å². The molecule has 1 aromatic carbocycles. The third kappa shape index (κ3) is 3.44. The summed E-state index contributed by atoms with van der Waals surface area (Å²) in [5.41, 5.74) is 2.56. The first-order valence-electron chi connectivity index (χ1n) is 6.16. The Kier molecular flexibility index (Phi) is 4.83. The zero-order valence-corrected chi connectivity index (χ0v) is 11.6. The molecule has 0 amide bonds. The molecule has 0 aromatic heterocycles. The molecule has 94 valence electrons. The molecule has 1 heterocycles. The zero-order valence-electron chi connectivity index (χ0n) is 9.99. The van der Waals surface area contributed by atoms with E-state index < -0.39 is 0 Å². The second kappa shape index (κ2) is 6.38. The van der Waals surface area contributed by atoms with Gasteiger partial charge >= 0.3 is 0 Å². The van der Waals surface area contributed by atoms with Crippen molar-refractivity contribution in [3.8, 4) is 0 Å². The number of hydrogen-bond donors (Lipinski definition) is 1. The highest BCUT2D eigenvalue weighted by molar-refractivity contribution is 9.10. The fourth-order valence-corrected chi connectivity index (χ4v) is 2.95. The van der Waals surface area contributed by atoms with E-state index in [9.17, 15) is 0 Å². The lowest BCUT2D eigenvalue weighted by molar-refractivity contribution is 0.141. The molecule has 1 aromatic rings. The molecule has 0 unspecified atom stereocenters. The summed E-state index contributed by atoms with van der Waals surface area (Å²) in [5, 5.41) is 0. The van der Waals surface area contributed by atoms with E-state index in [2.05, 4.69) is 43.9 Å². The minimum atomic E-state index is 0.565. The van der Waals surface area contributed by atoms with E-state index in [0.717, 1.165) is 6.42 Å². The van der Waals surface area contributed by atoms with Crippen LogP contribution in [0.3, 0.4) is 0 Å². The molecule has 0 spiro atoms. The molecule has 1 aliphatic rings. The number of anilines is 1. The van der Waals surface area contributed by atoms with Gasteiger partial charge in [-0.15, -0.1) is 0 Å². The van der Waals surface area contributed by atoms with Crippen LogP contribution < -0.4 is 10.8 Å². The molecule has 17 heavy (non-hydrogen) atoms. The van der Waals surface area contributed by atoms with Gasteiger partial charge in [-0.2, -0.15) is 0 Å². The second-order valence-corrected chi connectivity index (χ2v) is 5.31. The molecule has 1 saturated heterocycles. The van der Waals surface area contributed by atoms with Crippen LogP contribution in [0.1, 0.15) is 24.8 Å². The van der Waals surface area contributed by atoms with E-state index in [-0.39, 0.29) is 0 Å². The Bertz CT molecular complexity index is 364. The van der Waals surface area contributed by atoms with Crippen LogP contribution >= 0.6 is 15.9 Å². The van der Waals surface area contributed by atoms with Crippen LogP contribution in [0.2, 0.25) is 0 Å². The Morgan fingerprint density at radius 2 is 2.00 bits per heavy atom. The smallest absolute Gasteiger partial charge is 0.0719 e. The number of nitrogens with two attached hydrogens (primary N) is 1. The number of piperidine rings is 1. The Labute approximate surface area is 111 Å². The standard InChI is InChI=1S/C13H19BrN2O/c14-12-10-11(6-9-17-15)4-5-13(12)16-7-2-1-3-8-16/h4-5,10H,1-3,6-9,15H2. The molecule has 1 fully saturated rings. The summed E-state index contributed by atoms with van der Waals surface area (Å²) in [6, 6.07) is 6.53. The highest BCUT2D eigenvalue weighted by Crippen LogP contribution is 2.29. The van der Waals surface area contributed by atoms with Crippen LogP contribution in [-0.2, 0) is 11.3 Å². The number of rotatable bonds is 4. The average Bonchev–Trinajstić information content (AvgIpc) is 2.37. The van der Waals surface area contributed by atoms with Crippen LogP contribution in [0, 0.1) is 0 Å². The van der Waals surface area contributed by atoms with Gasteiger partial charge in [0.2, 0.25) is 0 Å². The summed E-state index contributed by atoms with van der Waals surface area (Å²) in [7, 11) is 0. The Hall–Kier alpha value is -0.580. The zero-order chi connectivity index (χ0) is 12.1. The number of benzene rings is 1. The van der Waals surface area contributed by atoms with Crippen molar-refractivity contribution in [2.24, 2.45) is 5.90 Å². The fraction of sp³-hybridized carbons (Fsp3) is 0.538. The van der Waals surface area contributed by atoms with Crippen LogP contribution in [0.25, 0.3) is 0 Å². The van der Waals surface area contributed by atoms with Crippen molar-refractivity contribution in [1.29, 1.82) is 0 Å². The lowest BCUT2D eigenvalue weighted by atomic mass is 10.1. The molecule has 0 atom stereocenters. The van der Waals surface area contributed by atoms with Crippen molar-refractivity contribution in [2.75, 3.05) is 24.6 Å².